The smallest absolute Gasteiger partial charge is 0.0106 e. The second-order valence-electron chi connectivity index (χ2n) is 4.52. The minimum absolute atomic E-state index is 1.17. The van der Waals surface area contributed by atoms with Gasteiger partial charge in [-0.25, -0.2) is 0 Å². The molecule has 0 heterocycles. The molecule has 0 aromatic heterocycles. The van der Waals surface area contributed by atoms with Crippen molar-refractivity contribution in [3.05, 3.63) is 0 Å². The molecular formula is C12H28N2. The summed E-state index contributed by atoms with van der Waals surface area (Å²) in [5.41, 5.74) is 0. The molecule has 0 fully saturated rings. The van der Waals surface area contributed by atoms with Crippen LogP contribution >= 0.6 is 0 Å². The molecule has 0 aliphatic heterocycles. The molecule has 0 atom stereocenters. The van der Waals surface area contributed by atoms with Gasteiger partial charge in [-0.3, -0.25) is 0 Å². The van der Waals surface area contributed by atoms with Gasteiger partial charge in [-0.15, -0.1) is 0 Å². The second-order valence-corrected chi connectivity index (χ2v) is 4.52. The molecule has 2 heteroatoms. The number of unbranched alkanes of at least 4 members (excludes halogenated alkanes) is 4. The monoisotopic (exact) mass is 200 g/mol. The molecule has 0 bridgehead atoms. The first-order chi connectivity index (χ1) is 6.66. The Morgan fingerprint density at radius 1 is 0.714 bits per heavy atom. The predicted octanol–water partition coefficient (Wildman–Crippen LogP) is 2.45. The van der Waals surface area contributed by atoms with E-state index in [2.05, 4.69) is 37.9 Å². The van der Waals surface area contributed by atoms with Crippen LogP contribution in [0.3, 0.4) is 0 Å². The van der Waals surface area contributed by atoms with Crippen LogP contribution < -0.4 is 0 Å². The average molecular weight is 200 g/mol. The van der Waals surface area contributed by atoms with E-state index in [9.17, 15) is 0 Å². The van der Waals surface area contributed by atoms with Gasteiger partial charge in [0.15, 0.2) is 0 Å². The molecule has 86 valence electrons. The van der Waals surface area contributed by atoms with Crippen molar-refractivity contribution in [2.45, 2.75) is 39.0 Å². The summed E-state index contributed by atoms with van der Waals surface area (Å²) < 4.78 is 0. The minimum atomic E-state index is 1.17. The summed E-state index contributed by atoms with van der Waals surface area (Å²) in [6, 6.07) is 0. The summed E-state index contributed by atoms with van der Waals surface area (Å²) in [5.74, 6) is 0. The maximum absolute atomic E-state index is 2.44. The van der Waals surface area contributed by atoms with Crippen molar-refractivity contribution in [3.8, 4) is 0 Å². The van der Waals surface area contributed by atoms with Crippen molar-refractivity contribution < 1.29 is 0 Å². The van der Waals surface area contributed by atoms with Crippen LogP contribution in [0.5, 0.6) is 0 Å². The lowest BCUT2D eigenvalue weighted by atomic mass is 10.1. The van der Waals surface area contributed by atoms with Gasteiger partial charge in [0.05, 0.1) is 0 Å². The Hall–Kier alpha value is -0.0800. The number of rotatable bonds is 9. The highest BCUT2D eigenvalue weighted by Gasteiger charge is 1.98. The fourth-order valence-electron chi connectivity index (χ4n) is 1.47. The fraction of sp³-hybridized carbons (Fsp3) is 1.00. The summed E-state index contributed by atoms with van der Waals surface area (Å²) in [4.78, 5) is 4.68. The lowest BCUT2D eigenvalue weighted by Crippen LogP contribution is -2.29. The van der Waals surface area contributed by atoms with E-state index in [0.29, 0.717) is 0 Å². The molecule has 0 unspecified atom stereocenters. The number of likely N-dealkylation sites (N-methyl/N-ethyl adjacent to an activating group) is 2. The van der Waals surface area contributed by atoms with Crippen LogP contribution in [-0.2, 0) is 0 Å². The zero-order valence-electron chi connectivity index (χ0n) is 10.6. The SMILES string of the molecule is CCCCCCCN(C)CCN(C)C. The van der Waals surface area contributed by atoms with E-state index >= 15 is 0 Å². The Kier molecular flexibility index (Phi) is 9.42. The Morgan fingerprint density at radius 3 is 1.93 bits per heavy atom. The average Bonchev–Trinajstić information content (AvgIpc) is 2.14. The van der Waals surface area contributed by atoms with Crippen molar-refractivity contribution >= 4 is 0 Å². The van der Waals surface area contributed by atoms with E-state index in [-0.39, 0.29) is 0 Å². The molecule has 0 aliphatic rings. The molecule has 14 heavy (non-hydrogen) atoms. The van der Waals surface area contributed by atoms with E-state index in [1.54, 1.807) is 0 Å². The molecule has 0 aromatic rings. The summed E-state index contributed by atoms with van der Waals surface area (Å²) in [6.07, 6.45) is 6.93. The van der Waals surface area contributed by atoms with Crippen molar-refractivity contribution in [3.63, 3.8) is 0 Å². The Labute approximate surface area is 90.3 Å². The van der Waals surface area contributed by atoms with Crippen molar-refractivity contribution in [1.82, 2.24) is 9.80 Å². The first-order valence-electron chi connectivity index (χ1n) is 6.00. The van der Waals surface area contributed by atoms with Gasteiger partial charge in [0.2, 0.25) is 0 Å². The Bertz CT molecular complexity index is 113. The van der Waals surface area contributed by atoms with E-state index in [0.717, 1.165) is 0 Å². The molecule has 0 saturated carbocycles. The van der Waals surface area contributed by atoms with Gasteiger partial charge in [-0.1, -0.05) is 32.6 Å². The third-order valence-corrected chi connectivity index (χ3v) is 2.57. The first kappa shape index (κ1) is 13.9. The summed E-state index contributed by atoms with van der Waals surface area (Å²) in [7, 11) is 6.49. The van der Waals surface area contributed by atoms with Crippen LogP contribution in [-0.4, -0.2) is 50.6 Å². The molecular weight excluding hydrogens is 172 g/mol. The summed E-state index contributed by atoms with van der Waals surface area (Å²) in [6.45, 7) is 5.90. The Morgan fingerprint density at radius 2 is 1.36 bits per heavy atom. The first-order valence-corrected chi connectivity index (χ1v) is 6.00. The van der Waals surface area contributed by atoms with Crippen molar-refractivity contribution in [1.29, 1.82) is 0 Å². The van der Waals surface area contributed by atoms with E-state index < -0.39 is 0 Å². The molecule has 0 aliphatic carbocycles. The van der Waals surface area contributed by atoms with Crippen LogP contribution in [0.25, 0.3) is 0 Å². The van der Waals surface area contributed by atoms with Crippen LogP contribution in [0.2, 0.25) is 0 Å². The van der Waals surface area contributed by atoms with E-state index in [1.807, 2.05) is 0 Å². The highest BCUT2D eigenvalue weighted by atomic mass is 15.1. The van der Waals surface area contributed by atoms with E-state index in [1.165, 1.54) is 51.7 Å². The third kappa shape index (κ3) is 10.0. The lowest BCUT2D eigenvalue weighted by molar-refractivity contribution is 0.277. The number of hydrogen-bond acceptors (Lipinski definition) is 2. The molecule has 0 amide bonds. The topological polar surface area (TPSA) is 6.48 Å². The minimum Gasteiger partial charge on any atom is -0.308 e. The lowest BCUT2D eigenvalue weighted by Gasteiger charge is -2.18. The molecule has 0 N–H and O–H groups in total. The van der Waals surface area contributed by atoms with Gasteiger partial charge in [-0.2, -0.15) is 0 Å². The molecule has 0 radical (unpaired) electrons. The number of nitrogens with zero attached hydrogens (tertiary/aromatic N) is 2. The van der Waals surface area contributed by atoms with Crippen LogP contribution in [0, 0.1) is 0 Å². The van der Waals surface area contributed by atoms with Crippen LogP contribution in [0.1, 0.15) is 39.0 Å². The maximum Gasteiger partial charge on any atom is 0.0106 e. The van der Waals surface area contributed by atoms with E-state index in [4.69, 9.17) is 0 Å². The standard InChI is InChI=1S/C12H28N2/c1-5-6-7-8-9-10-14(4)12-11-13(2)3/h5-12H2,1-4H3. The van der Waals surface area contributed by atoms with Crippen molar-refractivity contribution in [2.24, 2.45) is 0 Å². The summed E-state index contributed by atoms with van der Waals surface area (Å²) in [5, 5.41) is 0. The third-order valence-electron chi connectivity index (χ3n) is 2.57. The van der Waals surface area contributed by atoms with Gasteiger partial charge in [-0.05, 0) is 34.1 Å². The molecule has 0 spiro atoms. The quantitative estimate of drug-likeness (QED) is 0.528. The van der Waals surface area contributed by atoms with Gasteiger partial charge in [0.25, 0.3) is 0 Å². The number of hydrogen-bond donors (Lipinski definition) is 0. The van der Waals surface area contributed by atoms with Crippen LogP contribution in [0.4, 0.5) is 0 Å². The zero-order valence-corrected chi connectivity index (χ0v) is 10.6. The van der Waals surface area contributed by atoms with Gasteiger partial charge in [0.1, 0.15) is 0 Å². The predicted molar refractivity (Wildman–Crippen MR) is 64.8 cm³/mol. The maximum atomic E-state index is 2.44. The molecule has 0 rings (SSSR count). The second kappa shape index (κ2) is 9.47. The Balaban J connectivity index is 3.14. The van der Waals surface area contributed by atoms with Gasteiger partial charge in [0, 0.05) is 13.1 Å². The molecule has 0 aromatic carbocycles. The van der Waals surface area contributed by atoms with Gasteiger partial charge < -0.3 is 9.80 Å². The fourth-order valence-corrected chi connectivity index (χ4v) is 1.47. The van der Waals surface area contributed by atoms with Crippen LogP contribution in [0.15, 0.2) is 0 Å². The van der Waals surface area contributed by atoms with Crippen molar-refractivity contribution in [2.75, 3.05) is 40.8 Å². The summed E-state index contributed by atoms with van der Waals surface area (Å²) >= 11 is 0. The highest BCUT2D eigenvalue weighted by Crippen LogP contribution is 2.02. The molecule has 0 saturated heterocycles. The molecule has 2 nitrogen and oxygen atoms in total. The largest absolute Gasteiger partial charge is 0.308 e. The van der Waals surface area contributed by atoms with Gasteiger partial charge >= 0.3 is 0 Å². The normalized spacial score (nSPS) is 11.6. The highest BCUT2D eigenvalue weighted by molar-refractivity contribution is 4.54. The zero-order chi connectivity index (χ0) is 10.8.